The van der Waals surface area contributed by atoms with Crippen molar-refractivity contribution in [3.63, 3.8) is 0 Å². The predicted octanol–water partition coefficient (Wildman–Crippen LogP) is 12.1. The maximum absolute atomic E-state index is 11.4. The lowest BCUT2D eigenvalue weighted by Crippen LogP contribution is -2.42. The second-order valence-electron chi connectivity index (χ2n) is 18.3. The Kier molecular flexibility index (Phi) is 15.4. The number of nitriles is 1. The first kappa shape index (κ1) is 50.0. The van der Waals surface area contributed by atoms with E-state index in [2.05, 4.69) is 89.3 Å². The van der Waals surface area contributed by atoms with Crippen LogP contribution < -0.4 is 33.6 Å². The van der Waals surface area contributed by atoms with E-state index in [4.69, 9.17) is 50.2 Å². The number of aromatic nitrogens is 3. The summed E-state index contributed by atoms with van der Waals surface area (Å²) >= 11 is 8.90. The minimum absolute atomic E-state index is 0.170. The fourth-order valence-electron chi connectivity index (χ4n) is 10.1. The van der Waals surface area contributed by atoms with Crippen molar-refractivity contribution in [1.29, 1.82) is 5.26 Å². The highest BCUT2D eigenvalue weighted by Gasteiger charge is 2.46. The standard InChI is InChI=1S/C58H60ClN7O5S/c1-38(47-11-9-29-61-55(47)66(35-41-16-24-45(69-5)25-17-41)36-42-18-26-46(70-6)27-19-42)64(2)56-50-37-71-58(31-52(50)62-57(63-56)72-7)28-8-10-48-51(59)30-53(49(32-60)54(48)58)65(33-39-12-20-43(67-3)21-13-39)34-40-14-22-44(68-4)23-15-40/h9,11-27,29-30,38H,8,10,28,31,33-37H2,1-7H3/t38-,58?/m1/s1. The van der Waals surface area contributed by atoms with Gasteiger partial charge in [-0.05, 0) is 121 Å². The van der Waals surface area contributed by atoms with E-state index in [1.165, 1.54) is 11.8 Å². The fourth-order valence-corrected chi connectivity index (χ4v) is 10.8. The molecule has 0 N–H and O–H groups in total. The van der Waals surface area contributed by atoms with Gasteiger partial charge in [0.1, 0.15) is 46.3 Å². The van der Waals surface area contributed by atoms with Crippen LogP contribution >= 0.6 is 23.4 Å². The Morgan fingerprint density at radius 3 is 1.72 bits per heavy atom. The Bertz CT molecular complexity index is 2950. The second kappa shape index (κ2) is 22.2. The number of methoxy groups -OCH3 is 4. The predicted molar refractivity (Wildman–Crippen MR) is 286 cm³/mol. The largest absolute Gasteiger partial charge is 0.497 e. The zero-order valence-corrected chi connectivity index (χ0v) is 43.5. The van der Waals surface area contributed by atoms with Crippen LogP contribution in [0.2, 0.25) is 5.02 Å². The number of rotatable bonds is 18. The molecule has 0 saturated carbocycles. The number of ether oxygens (including phenoxy) is 5. The molecule has 1 spiro atoms. The van der Waals surface area contributed by atoms with E-state index in [1.54, 1.807) is 28.4 Å². The third kappa shape index (κ3) is 10.5. The first-order valence-electron chi connectivity index (χ1n) is 24.1. The summed E-state index contributed by atoms with van der Waals surface area (Å²) in [7, 11) is 8.78. The molecule has 5 aromatic carbocycles. The van der Waals surface area contributed by atoms with E-state index in [9.17, 15) is 5.26 Å². The molecule has 0 amide bonds. The van der Waals surface area contributed by atoms with Gasteiger partial charge in [0.15, 0.2) is 5.16 Å². The Labute approximate surface area is 432 Å². The van der Waals surface area contributed by atoms with Crippen molar-refractivity contribution < 1.29 is 23.7 Å². The molecule has 0 bridgehead atoms. The van der Waals surface area contributed by atoms with Gasteiger partial charge in [0.25, 0.3) is 0 Å². The van der Waals surface area contributed by atoms with Crippen LogP contribution in [-0.2, 0) is 56.0 Å². The summed E-state index contributed by atoms with van der Waals surface area (Å²) in [5, 5.41) is 12.7. The molecule has 3 heterocycles. The molecule has 2 aromatic heterocycles. The van der Waals surface area contributed by atoms with E-state index < -0.39 is 5.60 Å². The van der Waals surface area contributed by atoms with Crippen LogP contribution in [0, 0.1) is 11.3 Å². The molecule has 2 atom stereocenters. The van der Waals surface area contributed by atoms with Crippen molar-refractivity contribution >= 4 is 40.7 Å². The van der Waals surface area contributed by atoms with Gasteiger partial charge in [0, 0.05) is 67.6 Å². The number of halogens is 1. The zero-order chi connectivity index (χ0) is 50.4. The summed E-state index contributed by atoms with van der Waals surface area (Å²) in [5.41, 5.74) is 9.57. The van der Waals surface area contributed by atoms with Crippen LogP contribution in [0.25, 0.3) is 0 Å². The van der Waals surface area contributed by atoms with Crippen LogP contribution in [0.1, 0.15) is 81.6 Å². The quantitative estimate of drug-likeness (QED) is 0.0600. The van der Waals surface area contributed by atoms with Crippen molar-refractivity contribution in [2.24, 2.45) is 0 Å². The molecule has 7 aromatic rings. The highest BCUT2D eigenvalue weighted by Crippen LogP contribution is 2.51. The van der Waals surface area contributed by atoms with Crippen molar-refractivity contribution in [2.75, 3.05) is 56.4 Å². The molecule has 12 nitrogen and oxygen atoms in total. The van der Waals surface area contributed by atoms with Gasteiger partial charge < -0.3 is 38.4 Å². The summed E-state index contributed by atoms with van der Waals surface area (Å²) in [5.74, 6) is 4.84. The molecule has 0 saturated heterocycles. The van der Waals surface area contributed by atoms with Crippen LogP contribution in [0.4, 0.5) is 17.3 Å². The molecule has 1 aliphatic heterocycles. The zero-order valence-electron chi connectivity index (χ0n) is 41.9. The maximum atomic E-state index is 11.4. The minimum Gasteiger partial charge on any atom is -0.497 e. The van der Waals surface area contributed by atoms with E-state index in [0.717, 1.165) is 103 Å². The normalized spacial score (nSPS) is 15.2. The fraction of sp³-hybridized carbons (Fsp3) is 0.310. The average Bonchev–Trinajstić information content (AvgIpc) is 3.42. The van der Waals surface area contributed by atoms with E-state index in [1.807, 2.05) is 73.1 Å². The number of anilines is 3. The molecule has 1 unspecified atom stereocenters. The molecular formula is C58H60ClN7O5S. The third-order valence-electron chi connectivity index (χ3n) is 14.1. The number of benzene rings is 5. The highest BCUT2D eigenvalue weighted by atomic mass is 35.5. The maximum Gasteiger partial charge on any atom is 0.189 e. The first-order chi connectivity index (χ1) is 35.1. The molecule has 0 radical (unpaired) electrons. The second-order valence-corrected chi connectivity index (χ2v) is 19.5. The molecule has 370 valence electrons. The molecule has 14 heteroatoms. The molecule has 72 heavy (non-hydrogen) atoms. The number of hydrogen-bond acceptors (Lipinski definition) is 13. The van der Waals surface area contributed by atoms with Crippen molar-refractivity contribution in [2.45, 2.75) is 82.2 Å². The summed E-state index contributed by atoms with van der Waals surface area (Å²) in [6, 6.07) is 41.1. The van der Waals surface area contributed by atoms with Crippen molar-refractivity contribution in [3.8, 4) is 29.1 Å². The van der Waals surface area contributed by atoms with Crippen LogP contribution in [0.15, 0.2) is 127 Å². The average molecular weight is 1000 g/mol. The number of thioether (sulfide) groups is 1. The summed E-state index contributed by atoms with van der Waals surface area (Å²) in [6.45, 7) is 4.73. The van der Waals surface area contributed by atoms with Gasteiger partial charge in [-0.25, -0.2) is 15.0 Å². The van der Waals surface area contributed by atoms with Gasteiger partial charge >= 0.3 is 0 Å². The SMILES string of the molecule is COc1ccc(CN(Cc2ccc(OC)cc2)c2cc(Cl)c3c(c2C#N)C2(CCC3)Cc3nc(SC)nc(N(C)[C@H](C)c4cccnc4N(Cc4ccc(OC)cc4)Cc4ccc(OC)cc4)c3CO2)cc1. The van der Waals surface area contributed by atoms with Crippen LogP contribution in [0.3, 0.4) is 0 Å². The van der Waals surface area contributed by atoms with Gasteiger partial charge in [-0.3, -0.25) is 0 Å². The lowest BCUT2D eigenvalue weighted by Gasteiger charge is -2.44. The van der Waals surface area contributed by atoms with Gasteiger partial charge in [-0.2, -0.15) is 5.26 Å². The van der Waals surface area contributed by atoms with E-state index in [-0.39, 0.29) is 12.6 Å². The van der Waals surface area contributed by atoms with Crippen LogP contribution in [0.5, 0.6) is 23.0 Å². The summed E-state index contributed by atoms with van der Waals surface area (Å²) in [4.78, 5) is 22.3. The van der Waals surface area contributed by atoms with Gasteiger partial charge in [-0.15, -0.1) is 0 Å². The lowest BCUT2D eigenvalue weighted by atomic mass is 9.72. The van der Waals surface area contributed by atoms with Crippen LogP contribution in [-0.4, -0.2) is 56.7 Å². The molecule has 1 aliphatic carbocycles. The van der Waals surface area contributed by atoms with E-state index >= 15 is 0 Å². The highest BCUT2D eigenvalue weighted by molar-refractivity contribution is 7.98. The van der Waals surface area contributed by atoms with Gasteiger partial charge in [0.05, 0.1) is 58.0 Å². The molecule has 2 aliphatic rings. The third-order valence-corrected chi connectivity index (χ3v) is 15.0. The van der Waals surface area contributed by atoms with E-state index in [0.29, 0.717) is 54.8 Å². The monoisotopic (exact) mass is 1000 g/mol. The van der Waals surface area contributed by atoms with Crippen molar-refractivity contribution in [3.05, 3.63) is 182 Å². The summed E-state index contributed by atoms with van der Waals surface area (Å²) < 4.78 is 29.2. The van der Waals surface area contributed by atoms with Gasteiger partial charge in [0.2, 0.25) is 0 Å². The topological polar surface area (TPSA) is 118 Å². The smallest absolute Gasteiger partial charge is 0.189 e. The number of hydrogen-bond donors (Lipinski definition) is 0. The molecule has 9 rings (SSSR count). The summed E-state index contributed by atoms with van der Waals surface area (Å²) in [6.07, 6.45) is 6.63. The molecular weight excluding hydrogens is 942 g/mol. The van der Waals surface area contributed by atoms with Crippen molar-refractivity contribution in [1.82, 2.24) is 15.0 Å². The number of fused-ring (bicyclic) bond motifs is 3. The lowest BCUT2D eigenvalue weighted by molar-refractivity contribution is -0.0857. The minimum atomic E-state index is -0.845. The Balaban J connectivity index is 1.08. The Hall–Kier alpha value is -6.98. The number of pyridine rings is 1. The molecule has 0 fully saturated rings. The number of nitrogens with zero attached hydrogens (tertiary/aromatic N) is 7. The first-order valence-corrected chi connectivity index (χ1v) is 25.7. The Morgan fingerprint density at radius 2 is 1.24 bits per heavy atom. The van der Waals surface area contributed by atoms with Gasteiger partial charge in [-0.1, -0.05) is 78.0 Å². The Morgan fingerprint density at radius 1 is 0.722 bits per heavy atom.